The second-order valence-corrected chi connectivity index (χ2v) is 5.52. The van der Waals surface area contributed by atoms with E-state index in [1.54, 1.807) is 30.5 Å². The highest BCUT2D eigenvalue weighted by Gasteiger charge is 2.17. The number of carbonyl (C=O) groups excluding carboxylic acids is 1. The third-order valence-electron chi connectivity index (χ3n) is 3.22. The van der Waals surface area contributed by atoms with E-state index in [9.17, 15) is 9.59 Å². The average Bonchev–Trinajstić information content (AvgIpc) is 2.99. The first-order valence-electron chi connectivity index (χ1n) is 6.83. The molecule has 23 heavy (non-hydrogen) atoms. The van der Waals surface area contributed by atoms with Crippen molar-refractivity contribution in [2.24, 2.45) is 0 Å². The molecule has 3 rings (SSSR count). The number of H-pyrrole nitrogens is 1. The number of nitrogens with one attached hydrogen (secondary N) is 1. The first-order valence-corrected chi connectivity index (χ1v) is 7.71. The van der Waals surface area contributed by atoms with E-state index in [1.807, 2.05) is 6.07 Å². The van der Waals surface area contributed by atoms with Crippen molar-refractivity contribution >= 4 is 27.5 Å². The van der Waals surface area contributed by atoms with E-state index >= 15 is 0 Å². The maximum atomic E-state index is 12.4. The van der Waals surface area contributed by atoms with Gasteiger partial charge in [-0.15, -0.1) is 11.3 Å². The van der Waals surface area contributed by atoms with Crippen LogP contribution in [0, 0.1) is 11.3 Å². The van der Waals surface area contributed by atoms with Gasteiger partial charge in [-0.2, -0.15) is 5.26 Å². The molecule has 0 unspecified atom stereocenters. The average molecular weight is 325 g/mol. The molecule has 7 heteroatoms. The molecule has 0 radical (unpaired) electrons. The van der Waals surface area contributed by atoms with Crippen molar-refractivity contribution in [1.29, 1.82) is 5.26 Å². The van der Waals surface area contributed by atoms with Crippen molar-refractivity contribution < 1.29 is 9.53 Å². The van der Waals surface area contributed by atoms with E-state index in [1.165, 1.54) is 11.3 Å². The van der Waals surface area contributed by atoms with Crippen LogP contribution < -0.4 is 5.56 Å². The fourth-order valence-electron chi connectivity index (χ4n) is 2.21. The molecule has 0 spiro atoms. The normalized spacial score (nSPS) is 10.4. The monoisotopic (exact) mass is 325 g/mol. The lowest BCUT2D eigenvalue weighted by atomic mass is 10.0. The lowest BCUT2D eigenvalue weighted by molar-refractivity contribution is 0.0512. The first-order chi connectivity index (χ1) is 11.1. The molecule has 2 heterocycles. The molecule has 0 aliphatic carbocycles. The summed E-state index contributed by atoms with van der Waals surface area (Å²) in [7, 11) is 0. The lowest BCUT2D eigenvalue weighted by Crippen LogP contribution is -2.17. The Hall–Kier alpha value is -2.98. The maximum absolute atomic E-state index is 12.4. The van der Waals surface area contributed by atoms with E-state index in [-0.39, 0.29) is 12.4 Å². The van der Waals surface area contributed by atoms with Crippen molar-refractivity contribution in [3.63, 3.8) is 0 Å². The number of esters is 1. The number of ether oxygens (including phenoxy) is 1. The molecule has 0 saturated heterocycles. The number of nitrogens with zero attached hydrogens (tertiary/aromatic N) is 2. The fourth-order valence-corrected chi connectivity index (χ4v) is 3.16. The minimum absolute atomic E-state index is 0.108. The van der Waals surface area contributed by atoms with Gasteiger partial charge in [0.15, 0.2) is 0 Å². The van der Waals surface area contributed by atoms with E-state index in [0.29, 0.717) is 21.3 Å². The Labute approximate surface area is 135 Å². The second kappa shape index (κ2) is 6.02. The lowest BCUT2D eigenvalue weighted by Gasteiger charge is -2.02. The molecular formula is C16H11N3O3S. The maximum Gasteiger partial charge on any atom is 0.374 e. The zero-order chi connectivity index (χ0) is 16.4. The Morgan fingerprint density at radius 2 is 2.30 bits per heavy atom. The summed E-state index contributed by atoms with van der Waals surface area (Å²) in [5.74, 6) is -0.767. The van der Waals surface area contributed by atoms with Crippen LogP contribution in [0.25, 0.3) is 21.3 Å². The molecule has 0 atom stereocenters. The number of fused-ring (bicyclic) bond motifs is 1. The second-order valence-electron chi connectivity index (χ2n) is 4.66. The van der Waals surface area contributed by atoms with Crippen molar-refractivity contribution in [3.8, 4) is 17.2 Å². The van der Waals surface area contributed by atoms with Gasteiger partial charge in [-0.25, -0.2) is 9.78 Å². The van der Waals surface area contributed by atoms with Crippen LogP contribution in [-0.4, -0.2) is 22.5 Å². The molecule has 0 amide bonds. The Morgan fingerprint density at radius 1 is 1.48 bits per heavy atom. The number of aromatic amines is 1. The number of benzene rings is 1. The molecular weight excluding hydrogens is 314 g/mol. The molecule has 3 aromatic rings. The first kappa shape index (κ1) is 14.9. The summed E-state index contributed by atoms with van der Waals surface area (Å²) in [6.07, 6.45) is 0. The van der Waals surface area contributed by atoms with Crippen molar-refractivity contribution in [2.45, 2.75) is 6.92 Å². The predicted octanol–water partition coefficient (Wildman–Crippen LogP) is 2.70. The van der Waals surface area contributed by atoms with Crippen LogP contribution in [0.15, 0.2) is 34.4 Å². The van der Waals surface area contributed by atoms with Crippen molar-refractivity contribution in [1.82, 2.24) is 9.97 Å². The van der Waals surface area contributed by atoms with E-state index in [0.717, 1.165) is 5.56 Å². The molecule has 2 aromatic heterocycles. The van der Waals surface area contributed by atoms with Gasteiger partial charge in [-0.1, -0.05) is 12.1 Å². The van der Waals surface area contributed by atoms with Gasteiger partial charge in [-0.05, 0) is 24.6 Å². The van der Waals surface area contributed by atoms with Crippen LogP contribution >= 0.6 is 11.3 Å². The Morgan fingerprint density at radius 3 is 3.04 bits per heavy atom. The van der Waals surface area contributed by atoms with Gasteiger partial charge in [0.2, 0.25) is 5.82 Å². The molecule has 0 fully saturated rings. The molecule has 1 N–H and O–H groups in total. The van der Waals surface area contributed by atoms with Crippen LogP contribution in [-0.2, 0) is 4.74 Å². The largest absolute Gasteiger partial charge is 0.460 e. The highest BCUT2D eigenvalue weighted by Crippen LogP contribution is 2.31. The molecule has 6 nitrogen and oxygen atoms in total. The highest BCUT2D eigenvalue weighted by atomic mass is 32.1. The summed E-state index contributed by atoms with van der Waals surface area (Å²) in [6, 6.07) is 9.05. The smallest absolute Gasteiger partial charge is 0.374 e. The highest BCUT2D eigenvalue weighted by molar-refractivity contribution is 7.17. The molecule has 1 aromatic carbocycles. The molecule has 114 valence electrons. The van der Waals surface area contributed by atoms with Gasteiger partial charge >= 0.3 is 5.97 Å². The molecule has 0 aliphatic heterocycles. The molecule has 0 aliphatic rings. The van der Waals surface area contributed by atoms with E-state index in [4.69, 9.17) is 10.00 Å². The summed E-state index contributed by atoms with van der Waals surface area (Å²) >= 11 is 1.26. The van der Waals surface area contributed by atoms with Gasteiger partial charge in [0.25, 0.3) is 5.56 Å². The number of nitriles is 1. The predicted molar refractivity (Wildman–Crippen MR) is 86.3 cm³/mol. The van der Waals surface area contributed by atoms with Gasteiger partial charge in [-0.3, -0.25) is 4.79 Å². The van der Waals surface area contributed by atoms with E-state index in [2.05, 4.69) is 16.0 Å². The Balaban J connectivity index is 2.16. The van der Waals surface area contributed by atoms with Crippen LogP contribution in [0.5, 0.6) is 0 Å². The van der Waals surface area contributed by atoms with Gasteiger partial charge in [0, 0.05) is 10.9 Å². The summed E-state index contributed by atoms with van der Waals surface area (Å²) in [4.78, 5) is 31.2. The quantitative estimate of drug-likeness (QED) is 0.747. The zero-order valence-electron chi connectivity index (χ0n) is 12.1. The van der Waals surface area contributed by atoms with Crippen LogP contribution in [0.2, 0.25) is 0 Å². The number of hydrogen-bond acceptors (Lipinski definition) is 6. The third kappa shape index (κ3) is 2.72. The molecule has 0 bridgehead atoms. The van der Waals surface area contributed by atoms with E-state index < -0.39 is 11.5 Å². The van der Waals surface area contributed by atoms with Gasteiger partial charge in [0.05, 0.1) is 23.6 Å². The van der Waals surface area contributed by atoms with Crippen molar-refractivity contribution in [3.05, 3.63) is 51.4 Å². The summed E-state index contributed by atoms with van der Waals surface area (Å²) < 4.78 is 4.85. The molecule has 0 saturated carbocycles. The number of aromatic nitrogens is 2. The van der Waals surface area contributed by atoms with Crippen LogP contribution in [0.3, 0.4) is 0 Å². The Bertz CT molecular complexity index is 998. The number of rotatable bonds is 3. The SMILES string of the molecule is CCOC(=O)c1nc2scc(-c3cccc(C#N)c3)c2c(=O)[nH]1. The Kier molecular flexibility index (Phi) is 3.91. The van der Waals surface area contributed by atoms with Crippen LogP contribution in [0.1, 0.15) is 23.1 Å². The third-order valence-corrected chi connectivity index (χ3v) is 4.09. The topological polar surface area (TPSA) is 95.8 Å². The summed E-state index contributed by atoms with van der Waals surface area (Å²) in [5, 5.41) is 11.2. The van der Waals surface area contributed by atoms with Crippen molar-refractivity contribution in [2.75, 3.05) is 6.61 Å². The van der Waals surface area contributed by atoms with Crippen LogP contribution in [0.4, 0.5) is 0 Å². The zero-order valence-corrected chi connectivity index (χ0v) is 12.9. The number of thiophene rings is 1. The number of carbonyl (C=O) groups is 1. The number of hydrogen-bond donors (Lipinski definition) is 1. The standard InChI is InChI=1S/C16H11N3O3S/c1-2-22-16(21)13-18-14(20)12-11(8-23-15(12)19-13)10-5-3-4-9(6-10)7-17/h3-6,8H,2H2,1H3,(H,18,19,20). The summed E-state index contributed by atoms with van der Waals surface area (Å²) in [5.41, 5.74) is 1.55. The van der Waals surface area contributed by atoms with Gasteiger partial charge in [0.1, 0.15) is 4.83 Å². The van der Waals surface area contributed by atoms with Gasteiger partial charge < -0.3 is 9.72 Å². The fraction of sp³-hybridized carbons (Fsp3) is 0.125. The minimum Gasteiger partial charge on any atom is -0.460 e. The summed E-state index contributed by atoms with van der Waals surface area (Å²) in [6.45, 7) is 1.89. The minimum atomic E-state index is -0.659.